The van der Waals surface area contributed by atoms with Gasteiger partial charge in [0.15, 0.2) is 0 Å². The van der Waals surface area contributed by atoms with Gasteiger partial charge in [-0.25, -0.2) is 9.67 Å². The summed E-state index contributed by atoms with van der Waals surface area (Å²) in [7, 11) is 0. The SMILES string of the molecule is Cc1ccc(OCCNC(=O)Cn2cncn2)cc1. The van der Waals surface area contributed by atoms with Crippen LogP contribution in [-0.4, -0.2) is 33.8 Å². The first-order valence-corrected chi connectivity index (χ1v) is 6.02. The lowest BCUT2D eigenvalue weighted by Crippen LogP contribution is -2.31. The number of amides is 1. The van der Waals surface area contributed by atoms with Crippen LogP contribution in [0.3, 0.4) is 0 Å². The smallest absolute Gasteiger partial charge is 0.241 e. The van der Waals surface area contributed by atoms with Crippen LogP contribution in [0.2, 0.25) is 0 Å². The fourth-order valence-corrected chi connectivity index (χ4v) is 1.51. The van der Waals surface area contributed by atoms with Gasteiger partial charge >= 0.3 is 0 Å². The Labute approximate surface area is 111 Å². The molecule has 0 atom stereocenters. The molecule has 0 aliphatic heterocycles. The molecule has 1 N–H and O–H groups in total. The second kappa shape index (κ2) is 6.53. The van der Waals surface area contributed by atoms with Crippen LogP contribution in [0.25, 0.3) is 0 Å². The molecule has 0 unspecified atom stereocenters. The van der Waals surface area contributed by atoms with E-state index < -0.39 is 0 Å². The molecule has 0 saturated carbocycles. The Morgan fingerprint density at radius 3 is 2.84 bits per heavy atom. The van der Waals surface area contributed by atoms with Crippen molar-refractivity contribution in [1.29, 1.82) is 0 Å². The van der Waals surface area contributed by atoms with Crippen molar-refractivity contribution in [3.63, 3.8) is 0 Å². The fraction of sp³-hybridized carbons (Fsp3) is 0.308. The van der Waals surface area contributed by atoms with Crippen molar-refractivity contribution in [1.82, 2.24) is 20.1 Å². The average molecular weight is 260 g/mol. The lowest BCUT2D eigenvalue weighted by atomic mass is 10.2. The van der Waals surface area contributed by atoms with Crippen molar-refractivity contribution in [2.45, 2.75) is 13.5 Å². The van der Waals surface area contributed by atoms with E-state index in [-0.39, 0.29) is 12.5 Å². The summed E-state index contributed by atoms with van der Waals surface area (Å²) in [5.74, 6) is 0.689. The van der Waals surface area contributed by atoms with Gasteiger partial charge in [-0.1, -0.05) is 17.7 Å². The van der Waals surface area contributed by atoms with Crippen LogP contribution >= 0.6 is 0 Å². The van der Waals surface area contributed by atoms with Gasteiger partial charge in [0.1, 0.15) is 31.6 Å². The summed E-state index contributed by atoms with van der Waals surface area (Å²) in [5, 5.41) is 6.60. The summed E-state index contributed by atoms with van der Waals surface area (Å²) in [6.45, 7) is 3.09. The highest BCUT2D eigenvalue weighted by atomic mass is 16.5. The zero-order valence-corrected chi connectivity index (χ0v) is 10.7. The lowest BCUT2D eigenvalue weighted by molar-refractivity contribution is -0.121. The molecule has 0 saturated heterocycles. The van der Waals surface area contributed by atoms with E-state index in [1.54, 1.807) is 0 Å². The minimum atomic E-state index is -0.113. The Morgan fingerprint density at radius 1 is 1.37 bits per heavy atom. The summed E-state index contributed by atoms with van der Waals surface area (Å²) >= 11 is 0. The number of carbonyl (C=O) groups excluding carboxylic acids is 1. The quantitative estimate of drug-likeness (QED) is 0.779. The predicted molar refractivity (Wildman–Crippen MR) is 69.7 cm³/mol. The largest absolute Gasteiger partial charge is 0.492 e. The van der Waals surface area contributed by atoms with Crippen LogP contribution in [0.5, 0.6) is 5.75 Å². The number of rotatable bonds is 6. The van der Waals surface area contributed by atoms with Gasteiger partial charge in [-0.05, 0) is 19.1 Å². The molecule has 1 aromatic heterocycles. The van der Waals surface area contributed by atoms with E-state index in [0.717, 1.165) is 5.75 Å². The molecule has 100 valence electrons. The second-order valence-corrected chi connectivity index (χ2v) is 4.10. The third-order valence-electron chi connectivity index (χ3n) is 2.49. The van der Waals surface area contributed by atoms with Gasteiger partial charge in [0.2, 0.25) is 5.91 Å². The molecule has 6 heteroatoms. The van der Waals surface area contributed by atoms with Gasteiger partial charge in [-0.15, -0.1) is 0 Å². The maximum absolute atomic E-state index is 11.5. The molecule has 19 heavy (non-hydrogen) atoms. The van der Waals surface area contributed by atoms with Crippen LogP contribution in [0, 0.1) is 6.92 Å². The third kappa shape index (κ3) is 4.42. The molecule has 0 fully saturated rings. The molecule has 2 rings (SSSR count). The molecule has 0 spiro atoms. The standard InChI is InChI=1S/C13H16N4O2/c1-11-2-4-12(5-3-11)19-7-6-15-13(18)8-17-10-14-9-16-17/h2-5,9-10H,6-8H2,1H3,(H,15,18). The normalized spacial score (nSPS) is 10.2. The number of hydrogen-bond acceptors (Lipinski definition) is 4. The number of aromatic nitrogens is 3. The number of benzene rings is 1. The molecule has 2 aromatic rings. The lowest BCUT2D eigenvalue weighted by Gasteiger charge is -2.07. The average Bonchev–Trinajstić information content (AvgIpc) is 2.89. The second-order valence-electron chi connectivity index (χ2n) is 4.10. The van der Waals surface area contributed by atoms with Crippen molar-refractivity contribution in [2.75, 3.05) is 13.2 Å². The van der Waals surface area contributed by atoms with E-state index in [1.807, 2.05) is 31.2 Å². The maximum atomic E-state index is 11.5. The number of hydrogen-bond donors (Lipinski definition) is 1. The van der Waals surface area contributed by atoms with Crippen molar-refractivity contribution in [2.24, 2.45) is 0 Å². The van der Waals surface area contributed by atoms with E-state index in [2.05, 4.69) is 15.4 Å². The molecule has 1 aromatic carbocycles. The predicted octanol–water partition coefficient (Wildman–Crippen LogP) is 0.782. The van der Waals surface area contributed by atoms with E-state index in [4.69, 9.17) is 4.74 Å². The van der Waals surface area contributed by atoms with Crippen molar-refractivity contribution >= 4 is 5.91 Å². The molecular weight excluding hydrogens is 244 g/mol. The summed E-state index contributed by atoms with van der Waals surface area (Å²) in [6.07, 6.45) is 2.90. The molecule has 0 aliphatic rings. The molecule has 1 heterocycles. The summed E-state index contributed by atoms with van der Waals surface area (Å²) < 4.78 is 6.97. The van der Waals surface area contributed by atoms with E-state index in [0.29, 0.717) is 13.2 Å². The molecule has 0 radical (unpaired) electrons. The Hall–Kier alpha value is -2.37. The van der Waals surface area contributed by atoms with Crippen LogP contribution in [0.1, 0.15) is 5.56 Å². The monoisotopic (exact) mass is 260 g/mol. The first-order chi connectivity index (χ1) is 9.24. The minimum absolute atomic E-state index is 0.113. The topological polar surface area (TPSA) is 69.0 Å². The van der Waals surface area contributed by atoms with Crippen molar-refractivity contribution in [3.05, 3.63) is 42.5 Å². The zero-order chi connectivity index (χ0) is 13.5. The minimum Gasteiger partial charge on any atom is -0.492 e. The first-order valence-electron chi connectivity index (χ1n) is 6.02. The molecular formula is C13H16N4O2. The van der Waals surface area contributed by atoms with E-state index in [1.165, 1.54) is 22.9 Å². The van der Waals surface area contributed by atoms with E-state index in [9.17, 15) is 4.79 Å². The number of nitrogens with zero attached hydrogens (tertiary/aromatic N) is 3. The summed E-state index contributed by atoms with van der Waals surface area (Å²) in [6, 6.07) is 7.79. The third-order valence-corrected chi connectivity index (χ3v) is 2.49. The fourth-order valence-electron chi connectivity index (χ4n) is 1.51. The van der Waals surface area contributed by atoms with Crippen LogP contribution in [0.15, 0.2) is 36.9 Å². The van der Waals surface area contributed by atoms with Crippen LogP contribution in [-0.2, 0) is 11.3 Å². The number of ether oxygens (including phenoxy) is 1. The molecule has 0 aliphatic carbocycles. The summed E-state index contributed by atoms with van der Waals surface area (Å²) in [4.78, 5) is 15.3. The van der Waals surface area contributed by atoms with E-state index >= 15 is 0 Å². The van der Waals surface area contributed by atoms with Gasteiger partial charge < -0.3 is 10.1 Å². The summed E-state index contributed by atoms with van der Waals surface area (Å²) in [5.41, 5.74) is 1.19. The Bertz CT molecular complexity index is 508. The highest BCUT2D eigenvalue weighted by molar-refractivity contribution is 5.75. The Balaban J connectivity index is 1.64. The van der Waals surface area contributed by atoms with Gasteiger partial charge in [0.25, 0.3) is 0 Å². The van der Waals surface area contributed by atoms with Crippen LogP contribution in [0.4, 0.5) is 0 Å². The first kappa shape index (κ1) is 13.1. The highest BCUT2D eigenvalue weighted by Gasteiger charge is 2.02. The van der Waals surface area contributed by atoms with Crippen molar-refractivity contribution in [3.8, 4) is 5.75 Å². The highest BCUT2D eigenvalue weighted by Crippen LogP contribution is 2.10. The molecule has 0 bridgehead atoms. The van der Waals surface area contributed by atoms with Crippen molar-refractivity contribution < 1.29 is 9.53 Å². The van der Waals surface area contributed by atoms with Gasteiger partial charge in [-0.2, -0.15) is 5.10 Å². The van der Waals surface area contributed by atoms with Gasteiger partial charge in [0, 0.05) is 0 Å². The Morgan fingerprint density at radius 2 is 2.16 bits per heavy atom. The molecule has 6 nitrogen and oxygen atoms in total. The van der Waals surface area contributed by atoms with Gasteiger partial charge in [0.05, 0.1) is 6.54 Å². The number of carbonyl (C=O) groups is 1. The van der Waals surface area contributed by atoms with Crippen LogP contribution < -0.4 is 10.1 Å². The maximum Gasteiger partial charge on any atom is 0.241 e. The zero-order valence-electron chi connectivity index (χ0n) is 10.7. The number of aryl methyl sites for hydroxylation is 1. The molecule has 1 amide bonds. The Kier molecular flexibility index (Phi) is 4.49. The van der Waals surface area contributed by atoms with Gasteiger partial charge in [-0.3, -0.25) is 4.79 Å². The number of nitrogens with one attached hydrogen (secondary N) is 1.